The molecule has 4 rings (SSSR count). The number of halogens is 1. The van der Waals surface area contributed by atoms with Crippen molar-refractivity contribution in [1.29, 1.82) is 5.26 Å². The predicted molar refractivity (Wildman–Crippen MR) is 106 cm³/mol. The molecule has 1 aliphatic rings. The molecular formula is C19H18ClN7O. The Kier molecular flexibility index (Phi) is 5.19. The number of anilines is 3. The van der Waals surface area contributed by atoms with Crippen molar-refractivity contribution in [3.8, 4) is 6.07 Å². The van der Waals surface area contributed by atoms with Crippen molar-refractivity contribution in [3.05, 3.63) is 41.3 Å². The second-order valence-corrected chi connectivity index (χ2v) is 7.14. The zero-order valence-corrected chi connectivity index (χ0v) is 15.7. The van der Waals surface area contributed by atoms with Crippen LogP contribution in [0.4, 0.5) is 17.5 Å². The molecule has 1 fully saturated rings. The molecule has 0 radical (unpaired) electrons. The summed E-state index contributed by atoms with van der Waals surface area (Å²) in [6, 6.07) is 7.37. The Bertz CT molecular complexity index is 1040. The molecule has 2 heterocycles. The lowest BCUT2D eigenvalue weighted by Gasteiger charge is -2.26. The number of aliphatic hydroxyl groups excluding tert-OH is 1. The van der Waals surface area contributed by atoms with Crippen LogP contribution in [0.5, 0.6) is 0 Å². The molecule has 2 aromatic heterocycles. The third-order valence-electron chi connectivity index (χ3n) is 4.76. The van der Waals surface area contributed by atoms with E-state index in [0.717, 1.165) is 25.7 Å². The van der Waals surface area contributed by atoms with Crippen LogP contribution < -0.4 is 10.6 Å². The second-order valence-electron chi connectivity index (χ2n) is 6.73. The van der Waals surface area contributed by atoms with Gasteiger partial charge in [0.15, 0.2) is 5.82 Å². The first-order valence-corrected chi connectivity index (χ1v) is 9.39. The summed E-state index contributed by atoms with van der Waals surface area (Å²) in [5.41, 5.74) is 2.23. The highest BCUT2D eigenvalue weighted by molar-refractivity contribution is 6.31. The molecule has 1 aliphatic carbocycles. The Balaban J connectivity index is 1.61. The van der Waals surface area contributed by atoms with Gasteiger partial charge in [0, 0.05) is 11.7 Å². The molecular weight excluding hydrogens is 378 g/mol. The number of nitriles is 1. The average molecular weight is 396 g/mol. The van der Waals surface area contributed by atoms with Crippen LogP contribution in [0, 0.1) is 11.3 Å². The monoisotopic (exact) mass is 395 g/mol. The maximum Gasteiger partial charge on any atom is 0.223 e. The van der Waals surface area contributed by atoms with E-state index in [-0.39, 0.29) is 12.1 Å². The standard InChI is InChI=1S/C19H18ClN7O/c20-15-6-3-13(7-11(15)8-21)25-18-17-16(23-10-24-18)9-22-19(27-17)26-12-1-4-14(28)5-2-12/h3,6-7,9-10,12,14,28H,1-2,4-5H2,(H,22,26,27)(H,23,24,25)/t12-,14-. The Morgan fingerprint density at radius 3 is 2.75 bits per heavy atom. The van der Waals surface area contributed by atoms with E-state index in [2.05, 4.69) is 36.6 Å². The fourth-order valence-corrected chi connectivity index (χ4v) is 3.40. The topological polar surface area (TPSA) is 120 Å². The van der Waals surface area contributed by atoms with E-state index < -0.39 is 0 Å². The van der Waals surface area contributed by atoms with E-state index in [1.165, 1.54) is 6.33 Å². The molecule has 0 amide bonds. The highest BCUT2D eigenvalue weighted by atomic mass is 35.5. The average Bonchev–Trinajstić information content (AvgIpc) is 2.71. The van der Waals surface area contributed by atoms with Gasteiger partial charge < -0.3 is 15.7 Å². The quantitative estimate of drug-likeness (QED) is 0.614. The van der Waals surface area contributed by atoms with Gasteiger partial charge in [-0.1, -0.05) is 11.6 Å². The van der Waals surface area contributed by atoms with E-state index in [9.17, 15) is 5.11 Å². The molecule has 0 bridgehead atoms. The lowest BCUT2D eigenvalue weighted by Crippen LogP contribution is -2.28. The van der Waals surface area contributed by atoms with Gasteiger partial charge in [-0.05, 0) is 43.9 Å². The normalized spacial score (nSPS) is 19.2. The lowest BCUT2D eigenvalue weighted by atomic mass is 9.93. The number of fused-ring (bicyclic) bond motifs is 1. The number of hydrogen-bond acceptors (Lipinski definition) is 8. The van der Waals surface area contributed by atoms with Crippen molar-refractivity contribution in [1.82, 2.24) is 19.9 Å². The predicted octanol–water partition coefficient (Wildman–Crippen LogP) is 3.40. The summed E-state index contributed by atoms with van der Waals surface area (Å²) in [6.45, 7) is 0. The van der Waals surface area contributed by atoms with Gasteiger partial charge in [0.25, 0.3) is 0 Å². The summed E-state index contributed by atoms with van der Waals surface area (Å²) < 4.78 is 0. The number of aliphatic hydroxyl groups is 1. The molecule has 0 unspecified atom stereocenters. The third kappa shape index (κ3) is 3.96. The molecule has 0 saturated heterocycles. The number of nitrogens with one attached hydrogen (secondary N) is 2. The van der Waals surface area contributed by atoms with Crippen LogP contribution in [0.1, 0.15) is 31.2 Å². The molecule has 1 aromatic carbocycles. The van der Waals surface area contributed by atoms with Crippen molar-refractivity contribution < 1.29 is 5.11 Å². The second kappa shape index (κ2) is 7.92. The maximum absolute atomic E-state index is 9.65. The van der Waals surface area contributed by atoms with Gasteiger partial charge in [0.05, 0.1) is 22.9 Å². The first-order valence-electron chi connectivity index (χ1n) is 9.01. The smallest absolute Gasteiger partial charge is 0.223 e. The molecule has 8 nitrogen and oxygen atoms in total. The van der Waals surface area contributed by atoms with Gasteiger partial charge in [-0.25, -0.2) is 19.9 Å². The number of hydrogen-bond donors (Lipinski definition) is 3. The Hall–Kier alpha value is -3.02. The molecule has 0 spiro atoms. The number of rotatable bonds is 4. The first-order chi connectivity index (χ1) is 13.6. The Morgan fingerprint density at radius 2 is 1.96 bits per heavy atom. The van der Waals surface area contributed by atoms with E-state index in [0.29, 0.717) is 39.1 Å². The Morgan fingerprint density at radius 1 is 1.14 bits per heavy atom. The van der Waals surface area contributed by atoms with Crippen LogP contribution in [0.25, 0.3) is 11.0 Å². The van der Waals surface area contributed by atoms with Crippen LogP contribution in [-0.2, 0) is 0 Å². The fourth-order valence-electron chi connectivity index (χ4n) is 3.24. The number of nitrogens with zero attached hydrogens (tertiary/aromatic N) is 5. The minimum absolute atomic E-state index is 0.211. The number of aromatic nitrogens is 4. The van der Waals surface area contributed by atoms with Crippen molar-refractivity contribution in [2.45, 2.75) is 37.8 Å². The van der Waals surface area contributed by atoms with Crippen molar-refractivity contribution in [3.63, 3.8) is 0 Å². The van der Waals surface area contributed by atoms with Gasteiger partial charge in [0.1, 0.15) is 23.4 Å². The molecule has 9 heteroatoms. The molecule has 28 heavy (non-hydrogen) atoms. The maximum atomic E-state index is 9.65. The third-order valence-corrected chi connectivity index (χ3v) is 5.09. The van der Waals surface area contributed by atoms with Crippen LogP contribution in [0.3, 0.4) is 0 Å². The summed E-state index contributed by atoms with van der Waals surface area (Å²) in [6.07, 6.45) is 6.18. The van der Waals surface area contributed by atoms with Crippen molar-refractivity contribution in [2.75, 3.05) is 10.6 Å². The van der Waals surface area contributed by atoms with Crippen LogP contribution >= 0.6 is 11.6 Å². The minimum atomic E-state index is -0.211. The molecule has 0 aliphatic heterocycles. The minimum Gasteiger partial charge on any atom is -0.393 e. The van der Waals surface area contributed by atoms with Crippen LogP contribution in [0.2, 0.25) is 5.02 Å². The van der Waals surface area contributed by atoms with Gasteiger partial charge in [-0.15, -0.1) is 0 Å². The highest BCUT2D eigenvalue weighted by Crippen LogP contribution is 2.26. The van der Waals surface area contributed by atoms with Gasteiger partial charge in [0.2, 0.25) is 5.95 Å². The van der Waals surface area contributed by atoms with Crippen LogP contribution in [0.15, 0.2) is 30.7 Å². The van der Waals surface area contributed by atoms with E-state index in [1.54, 1.807) is 24.4 Å². The van der Waals surface area contributed by atoms with E-state index in [1.807, 2.05) is 0 Å². The van der Waals surface area contributed by atoms with Gasteiger partial charge in [-0.2, -0.15) is 5.26 Å². The Labute approximate surface area is 166 Å². The van der Waals surface area contributed by atoms with Crippen LogP contribution in [-0.4, -0.2) is 37.2 Å². The zero-order valence-electron chi connectivity index (χ0n) is 14.9. The largest absolute Gasteiger partial charge is 0.393 e. The first kappa shape index (κ1) is 18.3. The van der Waals surface area contributed by atoms with Gasteiger partial charge in [-0.3, -0.25) is 0 Å². The highest BCUT2D eigenvalue weighted by Gasteiger charge is 2.20. The van der Waals surface area contributed by atoms with E-state index >= 15 is 0 Å². The summed E-state index contributed by atoms with van der Waals surface area (Å²) in [5, 5.41) is 25.7. The molecule has 3 aromatic rings. The number of benzene rings is 1. The zero-order chi connectivity index (χ0) is 19.5. The summed E-state index contributed by atoms with van der Waals surface area (Å²) in [5.74, 6) is 1.02. The lowest BCUT2D eigenvalue weighted by molar-refractivity contribution is 0.126. The fraction of sp³-hybridized carbons (Fsp3) is 0.316. The SMILES string of the molecule is N#Cc1cc(Nc2ncnc3cnc(N[C@H]4CC[C@H](O)CC4)nc23)ccc1Cl. The molecule has 1 saturated carbocycles. The van der Waals surface area contributed by atoms with Crippen molar-refractivity contribution in [2.24, 2.45) is 0 Å². The van der Waals surface area contributed by atoms with Crippen molar-refractivity contribution >= 4 is 40.1 Å². The summed E-state index contributed by atoms with van der Waals surface area (Å²) >= 11 is 6.00. The summed E-state index contributed by atoms with van der Waals surface area (Å²) in [4.78, 5) is 17.4. The van der Waals surface area contributed by atoms with E-state index in [4.69, 9.17) is 16.9 Å². The van der Waals surface area contributed by atoms with Gasteiger partial charge >= 0.3 is 0 Å². The molecule has 3 N–H and O–H groups in total. The molecule has 0 atom stereocenters. The summed E-state index contributed by atoms with van der Waals surface area (Å²) in [7, 11) is 0. The molecule has 142 valence electrons.